The van der Waals surface area contributed by atoms with Gasteiger partial charge in [0.15, 0.2) is 0 Å². The van der Waals surface area contributed by atoms with Crippen LogP contribution in [0.25, 0.3) is 0 Å². The van der Waals surface area contributed by atoms with Crippen molar-refractivity contribution in [2.45, 2.75) is 18.8 Å². The number of methoxy groups -OCH3 is 2. The first-order valence-electron chi connectivity index (χ1n) is 10.8. The lowest BCUT2D eigenvalue weighted by Gasteiger charge is -2.47. The van der Waals surface area contributed by atoms with Crippen molar-refractivity contribution in [2.75, 3.05) is 39.2 Å². The highest BCUT2D eigenvalue weighted by Crippen LogP contribution is 2.29. The standard InChI is InChI=1S/C23H26ClN5O5/c1-33-16-7-8-17(18(11-16)34-2)27-19(30)13-28-21-20(25-9-10-26-21)22(31)29(23(28)32)12-14-3-5-15(24)6-4-14/h3-8,11,20-21,25-26H,9-10,12-13H2,1-2H3,(H,27,30). The second kappa shape index (κ2) is 10.3. The van der Waals surface area contributed by atoms with Crippen molar-refractivity contribution < 1.29 is 23.9 Å². The van der Waals surface area contributed by atoms with Gasteiger partial charge in [0.1, 0.15) is 30.3 Å². The molecule has 34 heavy (non-hydrogen) atoms. The minimum absolute atomic E-state index is 0.0736. The lowest BCUT2D eigenvalue weighted by atomic mass is 10.1. The number of nitrogens with zero attached hydrogens (tertiary/aromatic N) is 2. The quantitative estimate of drug-likeness (QED) is 0.544. The molecular weight excluding hydrogens is 462 g/mol. The van der Waals surface area contributed by atoms with E-state index in [2.05, 4.69) is 16.0 Å². The molecule has 10 nitrogen and oxygen atoms in total. The van der Waals surface area contributed by atoms with Crippen LogP contribution in [0, 0.1) is 0 Å². The van der Waals surface area contributed by atoms with Crippen LogP contribution < -0.4 is 25.4 Å². The predicted molar refractivity (Wildman–Crippen MR) is 126 cm³/mol. The second-order valence-electron chi connectivity index (χ2n) is 7.91. The van der Waals surface area contributed by atoms with Crippen LogP contribution in [-0.2, 0) is 16.1 Å². The third-order valence-corrected chi connectivity index (χ3v) is 6.01. The number of rotatable bonds is 7. The number of hydrogen-bond donors (Lipinski definition) is 3. The number of imide groups is 1. The third kappa shape index (κ3) is 4.93. The number of hydrogen-bond acceptors (Lipinski definition) is 7. The fraction of sp³-hybridized carbons (Fsp3) is 0.348. The number of amides is 4. The first-order valence-corrected chi connectivity index (χ1v) is 11.1. The van der Waals surface area contributed by atoms with Crippen LogP contribution in [0.15, 0.2) is 42.5 Å². The van der Waals surface area contributed by atoms with Gasteiger partial charge in [-0.15, -0.1) is 0 Å². The summed E-state index contributed by atoms with van der Waals surface area (Å²) < 4.78 is 10.5. The Morgan fingerprint density at radius 3 is 2.53 bits per heavy atom. The molecule has 2 atom stereocenters. The van der Waals surface area contributed by atoms with Crippen molar-refractivity contribution >= 4 is 35.1 Å². The molecule has 2 fully saturated rings. The minimum Gasteiger partial charge on any atom is -0.497 e. The SMILES string of the molecule is COc1ccc(NC(=O)CN2C(=O)N(Cc3ccc(Cl)cc3)C(=O)C3NCCNC32)c(OC)c1. The Morgan fingerprint density at radius 1 is 1.09 bits per heavy atom. The molecule has 2 heterocycles. The lowest BCUT2D eigenvalue weighted by molar-refractivity contribution is -0.139. The molecule has 3 N–H and O–H groups in total. The summed E-state index contributed by atoms with van der Waals surface area (Å²) in [5, 5.41) is 9.69. The van der Waals surface area contributed by atoms with E-state index in [1.165, 1.54) is 19.1 Å². The number of carbonyl (C=O) groups excluding carboxylic acids is 3. The van der Waals surface area contributed by atoms with Crippen molar-refractivity contribution in [1.82, 2.24) is 20.4 Å². The Balaban J connectivity index is 1.54. The molecule has 0 radical (unpaired) electrons. The molecule has 4 rings (SSSR count). The molecule has 4 amide bonds. The number of nitrogens with one attached hydrogen (secondary N) is 3. The zero-order chi connectivity index (χ0) is 24.2. The molecule has 11 heteroatoms. The van der Waals surface area contributed by atoms with Crippen LogP contribution in [0.1, 0.15) is 5.56 Å². The molecule has 0 bridgehead atoms. The summed E-state index contributed by atoms with van der Waals surface area (Å²) in [4.78, 5) is 42.0. The van der Waals surface area contributed by atoms with Gasteiger partial charge in [0.2, 0.25) is 5.91 Å². The van der Waals surface area contributed by atoms with E-state index in [0.717, 1.165) is 10.5 Å². The van der Waals surface area contributed by atoms with Crippen molar-refractivity contribution in [3.8, 4) is 11.5 Å². The van der Waals surface area contributed by atoms with Crippen LogP contribution in [0.5, 0.6) is 11.5 Å². The molecule has 2 unspecified atom stereocenters. The number of ether oxygens (including phenoxy) is 2. The zero-order valence-electron chi connectivity index (χ0n) is 18.8. The lowest BCUT2D eigenvalue weighted by Crippen LogP contribution is -2.75. The van der Waals surface area contributed by atoms with Gasteiger partial charge in [0.05, 0.1) is 26.5 Å². The average Bonchev–Trinajstić information content (AvgIpc) is 2.85. The van der Waals surface area contributed by atoms with Gasteiger partial charge in [-0.05, 0) is 29.8 Å². The summed E-state index contributed by atoms with van der Waals surface area (Å²) in [7, 11) is 3.02. The Morgan fingerprint density at radius 2 is 1.82 bits per heavy atom. The second-order valence-corrected chi connectivity index (χ2v) is 8.34. The number of halogens is 1. The van der Waals surface area contributed by atoms with Gasteiger partial charge in [-0.25, -0.2) is 4.79 Å². The average molecular weight is 488 g/mol. The highest BCUT2D eigenvalue weighted by molar-refractivity contribution is 6.30. The number of piperazine rings is 1. The van der Waals surface area contributed by atoms with Crippen molar-refractivity contribution in [1.29, 1.82) is 0 Å². The predicted octanol–water partition coefficient (Wildman–Crippen LogP) is 1.65. The van der Waals surface area contributed by atoms with E-state index in [-0.39, 0.29) is 19.0 Å². The van der Waals surface area contributed by atoms with Gasteiger partial charge in [0.25, 0.3) is 5.91 Å². The Hall–Kier alpha value is -3.34. The molecule has 2 aliphatic heterocycles. The number of fused-ring (bicyclic) bond motifs is 1. The molecule has 2 saturated heterocycles. The van der Waals surface area contributed by atoms with E-state index >= 15 is 0 Å². The maximum atomic E-state index is 13.4. The Bertz CT molecular complexity index is 1080. The summed E-state index contributed by atoms with van der Waals surface area (Å²) in [6.45, 7) is 0.945. The van der Waals surface area contributed by atoms with Crippen molar-refractivity contribution in [3.05, 3.63) is 53.1 Å². The normalized spacial score (nSPS) is 20.1. The summed E-state index contributed by atoms with van der Waals surface area (Å²) >= 11 is 5.95. The highest BCUT2D eigenvalue weighted by atomic mass is 35.5. The molecule has 0 saturated carbocycles. The molecule has 2 aliphatic rings. The van der Waals surface area contributed by atoms with E-state index in [1.807, 2.05) is 0 Å². The van der Waals surface area contributed by atoms with Crippen LogP contribution in [0.3, 0.4) is 0 Å². The van der Waals surface area contributed by atoms with E-state index < -0.39 is 24.1 Å². The number of urea groups is 1. The molecule has 0 aliphatic carbocycles. The van der Waals surface area contributed by atoms with Gasteiger partial charge in [0, 0.05) is 24.2 Å². The van der Waals surface area contributed by atoms with E-state index in [9.17, 15) is 14.4 Å². The summed E-state index contributed by atoms with van der Waals surface area (Å²) in [5.74, 6) is 0.236. The maximum Gasteiger partial charge on any atom is 0.328 e. The zero-order valence-corrected chi connectivity index (χ0v) is 19.6. The summed E-state index contributed by atoms with van der Waals surface area (Å²) in [6, 6.07) is 10.7. The Kier molecular flexibility index (Phi) is 7.20. The number of carbonyl (C=O) groups is 3. The molecular formula is C23H26ClN5O5. The monoisotopic (exact) mass is 487 g/mol. The molecule has 0 spiro atoms. The molecule has 2 aromatic carbocycles. The smallest absolute Gasteiger partial charge is 0.328 e. The topological polar surface area (TPSA) is 112 Å². The van der Waals surface area contributed by atoms with E-state index in [4.69, 9.17) is 21.1 Å². The summed E-state index contributed by atoms with van der Waals surface area (Å²) in [6.07, 6.45) is -0.640. The fourth-order valence-electron chi connectivity index (χ4n) is 4.06. The maximum absolute atomic E-state index is 13.4. The largest absolute Gasteiger partial charge is 0.497 e. The van der Waals surface area contributed by atoms with Gasteiger partial charge < -0.3 is 20.1 Å². The van der Waals surface area contributed by atoms with Crippen LogP contribution in [-0.4, -0.2) is 73.7 Å². The Labute approximate surface area is 202 Å². The van der Waals surface area contributed by atoms with Gasteiger partial charge in [-0.3, -0.25) is 24.7 Å². The van der Waals surface area contributed by atoms with Crippen LogP contribution in [0.4, 0.5) is 10.5 Å². The van der Waals surface area contributed by atoms with Crippen LogP contribution in [0.2, 0.25) is 5.02 Å². The van der Waals surface area contributed by atoms with E-state index in [1.54, 1.807) is 42.5 Å². The highest BCUT2D eigenvalue weighted by Gasteiger charge is 2.47. The van der Waals surface area contributed by atoms with Gasteiger partial charge >= 0.3 is 6.03 Å². The molecule has 0 aromatic heterocycles. The molecule has 180 valence electrons. The third-order valence-electron chi connectivity index (χ3n) is 5.75. The van der Waals surface area contributed by atoms with Gasteiger partial charge in [-0.1, -0.05) is 23.7 Å². The van der Waals surface area contributed by atoms with Gasteiger partial charge in [-0.2, -0.15) is 0 Å². The van der Waals surface area contributed by atoms with Crippen LogP contribution >= 0.6 is 11.6 Å². The first-order chi connectivity index (χ1) is 16.4. The first kappa shape index (κ1) is 23.8. The fourth-order valence-corrected chi connectivity index (χ4v) is 4.18. The molecule has 2 aromatic rings. The minimum atomic E-state index is -0.665. The summed E-state index contributed by atoms with van der Waals surface area (Å²) in [5.41, 5.74) is 1.19. The van der Waals surface area contributed by atoms with E-state index in [0.29, 0.717) is 35.3 Å². The number of anilines is 1. The number of benzene rings is 2. The van der Waals surface area contributed by atoms with Crippen molar-refractivity contribution in [3.63, 3.8) is 0 Å². The van der Waals surface area contributed by atoms with Crippen molar-refractivity contribution in [2.24, 2.45) is 0 Å².